The zero-order valence-corrected chi connectivity index (χ0v) is 15.1. The summed E-state index contributed by atoms with van der Waals surface area (Å²) >= 11 is 6.43. The molecule has 130 valence electrons. The van der Waals surface area contributed by atoms with Gasteiger partial charge in [0, 0.05) is 28.8 Å². The van der Waals surface area contributed by atoms with Gasteiger partial charge in [0.05, 0.1) is 11.4 Å². The smallest absolute Gasteiger partial charge is 0.221 e. The Balaban J connectivity index is 1.97. The lowest BCUT2D eigenvalue weighted by molar-refractivity contribution is -0.114. The molecular formula is C19H16ClN5O. The van der Waals surface area contributed by atoms with Crippen molar-refractivity contribution in [2.24, 2.45) is 4.99 Å². The van der Waals surface area contributed by atoms with E-state index in [1.807, 2.05) is 54.0 Å². The van der Waals surface area contributed by atoms with E-state index in [-0.39, 0.29) is 5.91 Å². The molecule has 1 aromatic heterocycles. The number of hydrogen-bond acceptors (Lipinski definition) is 4. The van der Waals surface area contributed by atoms with Crippen LogP contribution in [0.3, 0.4) is 0 Å². The molecule has 1 aliphatic rings. The number of aryl methyl sites for hydroxylation is 1. The third-order valence-electron chi connectivity index (χ3n) is 4.21. The fourth-order valence-corrected chi connectivity index (χ4v) is 3.37. The fourth-order valence-electron chi connectivity index (χ4n) is 3.14. The molecule has 7 heteroatoms. The van der Waals surface area contributed by atoms with E-state index in [1.165, 1.54) is 6.92 Å². The predicted molar refractivity (Wildman–Crippen MR) is 101 cm³/mol. The van der Waals surface area contributed by atoms with Crippen LogP contribution in [0.25, 0.3) is 5.69 Å². The molecule has 0 bridgehead atoms. The van der Waals surface area contributed by atoms with Gasteiger partial charge in [0.25, 0.3) is 0 Å². The third-order valence-corrected chi connectivity index (χ3v) is 4.54. The highest BCUT2D eigenvalue weighted by atomic mass is 35.5. The lowest BCUT2D eigenvalue weighted by Crippen LogP contribution is -2.11. The number of carbonyl (C=O) groups is 1. The Bertz CT molecular complexity index is 1050. The maximum absolute atomic E-state index is 11.5. The summed E-state index contributed by atoms with van der Waals surface area (Å²) in [5.41, 5.74) is 4.08. The maximum Gasteiger partial charge on any atom is 0.221 e. The topological polar surface area (TPSA) is 72.2 Å². The van der Waals surface area contributed by atoms with Crippen molar-refractivity contribution in [3.05, 3.63) is 70.3 Å². The van der Waals surface area contributed by atoms with E-state index in [0.717, 1.165) is 34.2 Å². The summed E-state index contributed by atoms with van der Waals surface area (Å²) in [6, 6.07) is 13.3. The van der Waals surface area contributed by atoms with Crippen LogP contribution in [0.4, 0.5) is 5.69 Å². The van der Waals surface area contributed by atoms with Crippen LogP contribution in [0.15, 0.2) is 47.5 Å². The fraction of sp³-hybridized carbons (Fsp3) is 0.158. The summed E-state index contributed by atoms with van der Waals surface area (Å²) in [5, 5.41) is 11.9. The van der Waals surface area contributed by atoms with Crippen LogP contribution in [0.1, 0.15) is 29.7 Å². The van der Waals surface area contributed by atoms with E-state index in [4.69, 9.17) is 16.6 Å². The molecule has 0 radical (unpaired) electrons. The molecule has 26 heavy (non-hydrogen) atoms. The van der Waals surface area contributed by atoms with Crippen LogP contribution in [0, 0.1) is 6.92 Å². The lowest BCUT2D eigenvalue weighted by Gasteiger charge is -2.15. The molecule has 0 aliphatic carbocycles. The van der Waals surface area contributed by atoms with Gasteiger partial charge in [-0.2, -0.15) is 0 Å². The number of nitrogens with one attached hydrogen (secondary N) is 1. The van der Waals surface area contributed by atoms with Gasteiger partial charge in [0.2, 0.25) is 5.91 Å². The second-order valence-corrected chi connectivity index (χ2v) is 6.46. The molecule has 0 spiro atoms. The first-order chi connectivity index (χ1) is 12.5. The number of fused-ring (bicyclic) bond motifs is 3. The van der Waals surface area contributed by atoms with Crippen LogP contribution in [-0.2, 0) is 11.3 Å². The van der Waals surface area contributed by atoms with Crippen molar-refractivity contribution in [1.82, 2.24) is 14.8 Å². The van der Waals surface area contributed by atoms with Gasteiger partial charge in [0.1, 0.15) is 12.4 Å². The normalized spacial score (nSPS) is 12.7. The van der Waals surface area contributed by atoms with Crippen molar-refractivity contribution in [2.75, 3.05) is 5.32 Å². The average Bonchev–Trinajstić information content (AvgIpc) is 2.89. The largest absolute Gasteiger partial charge is 0.326 e. The van der Waals surface area contributed by atoms with Gasteiger partial charge >= 0.3 is 0 Å². The zero-order chi connectivity index (χ0) is 18.3. The molecule has 1 amide bonds. The molecule has 6 nitrogen and oxygen atoms in total. The number of benzene rings is 2. The number of carbonyl (C=O) groups excluding carboxylic acids is 1. The SMILES string of the molecule is CC(=O)Nc1ccc2c(c1)C(c1ccccc1Cl)=NCc1nnc(C)n1-2. The molecule has 0 fully saturated rings. The third kappa shape index (κ3) is 2.78. The molecular weight excluding hydrogens is 350 g/mol. The summed E-state index contributed by atoms with van der Waals surface area (Å²) in [7, 11) is 0. The molecule has 2 heterocycles. The predicted octanol–water partition coefficient (Wildman–Crippen LogP) is 3.54. The number of anilines is 1. The molecule has 3 aromatic rings. The van der Waals surface area contributed by atoms with Crippen LogP contribution in [0.2, 0.25) is 5.02 Å². The summed E-state index contributed by atoms with van der Waals surface area (Å²) in [4.78, 5) is 16.2. The number of amides is 1. The molecule has 0 unspecified atom stereocenters. The molecule has 0 saturated heterocycles. The Morgan fingerprint density at radius 1 is 1.15 bits per heavy atom. The molecule has 2 aromatic carbocycles. The molecule has 1 aliphatic heterocycles. The van der Waals surface area contributed by atoms with Gasteiger partial charge in [-0.25, -0.2) is 0 Å². The van der Waals surface area contributed by atoms with Gasteiger partial charge in [-0.3, -0.25) is 14.4 Å². The first-order valence-electron chi connectivity index (χ1n) is 8.17. The maximum atomic E-state index is 11.5. The summed E-state index contributed by atoms with van der Waals surface area (Å²) in [6.45, 7) is 3.78. The average molecular weight is 366 g/mol. The summed E-state index contributed by atoms with van der Waals surface area (Å²) in [5.74, 6) is 1.41. The molecule has 4 rings (SSSR count). The Kier molecular flexibility index (Phi) is 4.05. The Hall–Kier alpha value is -2.99. The number of aromatic nitrogens is 3. The Morgan fingerprint density at radius 2 is 1.96 bits per heavy atom. The minimum absolute atomic E-state index is 0.129. The zero-order valence-electron chi connectivity index (χ0n) is 14.3. The first-order valence-corrected chi connectivity index (χ1v) is 8.55. The Morgan fingerprint density at radius 3 is 2.73 bits per heavy atom. The number of hydrogen-bond donors (Lipinski definition) is 1. The molecule has 0 atom stereocenters. The van der Waals surface area contributed by atoms with E-state index in [0.29, 0.717) is 17.3 Å². The number of aliphatic imine (C=N–C) groups is 1. The van der Waals surface area contributed by atoms with Crippen molar-refractivity contribution in [3.63, 3.8) is 0 Å². The highest BCUT2D eigenvalue weighted by molar-refractivity contribution is 6.35. The number of nitrogens with zero attached hydrogens (tertiary/aromatic N) is 4. The van der Waals surface area contributed by atoms with Crippen LogP contribution < -0.4 is 5.32 Å². The highest BCUT2D eigenvalue weighted by Gasteiger charge is 2.23. The monoisotopic (exact) mass is 365 g/mol. The van der Waals surface area contributed by atoms with Crippen molar-refractivity contribution in [1.29, 1.82) is 0 Å². The van der Waals surface area contributed by atoms with Crippen molar-refractivity contribution in [3.8, 4) is 5.69 Å². The second-order valence-electron chi connectivity index (χ2n) is 6.06. The van der Waals surface area contributed by atoms with Gasteiger partial charge in [-0.15, -0.1) is 10.2 Å². The van der Waals surface area contributed by atoms with Gasteiger partial charge in [-0.1, -0.05) is 29.8 Å². The van der Waals surface area contributed by atoms with E-state index in [1.54, 1.807) is 0 Å². The van der Waals surface area contributed by atoms with Crippen LogP contribution in [-0.4, -0.2) is 26.4 Å². The van der Waals surface area contributed by atoms with E-state index in [2.05, 4.69) is 15.5 Å². The summed E-state index contributed by atoms with van der Waals surface area (Å²) < 4.78 is 1.99. The summed E-state index contributed by atoms with van der Waals surface area (Å²) in [6.07, 6.45) is 0. The van der Waals surface area contributed by atoms with Gasteiger partial charge in [-0.05, 0) is 31.2 Å². The molecule has 1 N–H and O–H groups in total. The second kappa shape index (κ2) is 6.38. The lowest BCUT2D eigenvalue weighted by atomic mass is 9.99. The van der Waals surface area contributed by atoms with Gasteiger partial charge in [0.15, 0.2) is 5.82 Å². The minimum Gasteiger partial charge on any atom is -0.326 e. The van der Waals surface area contributed by atoms with E-state index < -0.39 is 0 Å². The van der Waals surface area contributed by atoms with Gasteiger partial charge < -0.3 is 5.32 Å². The van der Waals surface area contributed by atoms with Crippen LogP contribution >= 0.6 is 11.6 Å². The van der Waals surface area contributed by atoms with Crippen molar-refractivity contribution < 1.29 is 4.79 Å². The highest BCUT2D eigenvalue weighted by Crippen LogP contribution is 2.30. The van der Waals surface area contributed by atoms with Crippen LogP contribution in [0.5, 0.6) is 0 Å². The number of halogens is 1. The Labute approximate surface area is 155 Å². The molecule has 0 saturated carbocycles. The quantitative estimate of drug-likeness (QED) is 0.755. The number of rotatable bonds is 2. The minimum atomic E-state index is -0.129. The van der Waals surface area contributed by atoms with E-state index in [9.17, 15) is 4.79 Å². The van der Waals surface area contributed by atoms with Crippen molar-refractivity contribution >= 4 is 28.9 Å². The first kappa shape index (κ1) is 16.5. The standard InChI is InChI=1S/C19H16ClN5O/c1-11-23-24-18-10-21-19(14-5-3-4-6-16(14)20)15-9-13(22-12(2)26)7-8-17(15)25(11)18/h3-9H,10H2,1-2H3,(H,22,26). The van der Waals surface area contributed by atoms with E-state index >= 15 is 0 Å². The van der Waals surface area contributed by atoms with Crippen molar-refractivity contribution in [2.45, 2.75) is 20.4 Å².